The van der Waals surface area contributed by atoms with Crippen molar-refractivity contribution >= 4 is 0 Å². The first kappa shape index (κ1) is 15.3. The molecule has 0 aliphatic rings. The zero-order valence-electron chi connectivity index (χ0n) is 12.7. The molecule has 0 amide bonds. The number of rotatable bonds is 7. The Morgan fingerprint density at radius 3 is 2.24 bits per heavy atom. The van der Waals surface area contributed by atoms with Gasteiger partial charge in [-0.2, -0.15) is 0 Å². The first-order valence-corrected chi connectivity index (χ1v) is 6.93. The Hall–Kier alpha value is -2.14. The maximum absolute atomic E-state index is 5.26. The highest BCUT2D eigenvalue weighted by molar-refractivity contribution is 5.34. The lowest BCUT2D eigenvalue weighted by molar-refractivity contribution is 0.359. The van der Waals surface area contributed by atoms with E-state index in [1.54, 1.807) is 14.2 Å². The number of aromatic nitrogens is 2. The van der Waals surface area contributed by atoms with Crippen molar-refractivity contribution in [3.63, 3.8) is 0 Å². The molecule has 2 aromatic rings. The molecule has 0 saturated heterocycles. The molecule has 5 heteroatoms. The molecule has 5 nitrogen and oxygen atoms in total. The second kappa shape index (κ2) is 7.59. The number of hydrogen-bond acceptors (Lipinski definition) is 5. The number of nitrogens with one attached hydrogen (secondary N) is 1. The molecule has 21 heavy (non-hydrogen) atoms. The van der Waals surface area contributed by atoms with Crippen molar-refractivity contribution in [1.82, 2.24) is 15.3 Å². The van der Waals surface area contributed by atoms with E-state index in [9.17, 15) is 0 Å². The minimum Gasteiger partial charge on any atom is -0.481 e. The van der Waals surface area contributed by atoms with E-state index in [4.69, 9.17) is 9.47 Å². The molecule has 1 atom stereocenters. The monoisotopic (exact) mass is 287 g/mol. The van der Waals surface area contributed by atoms with Crippen LogP contribution in [0.5, 0.6) is 11.8 Å². The van der Waals surface area contributed by atoms with Crippen molar-refractivity contribution in [2.45, 2.75) is 19.4 Å². The first-order valence-electron chi connectivity index (χ1n) is 6.93. The summed E-state index contributed by atoms with van der Waals surface area (Å²) in [6.07, 6.45) is 1.44. The van der Waals surface area contributed by atoms with Crippen molar-refractivity contribution in [1.29, 1.82) is 0 Å². The molecular weight excluding hydrogens is 266 g/mol. The lowest BCUT2D eigenvalue weighted by atomic mass is 10.0. The van der Waals surface area contributed by atoms with Gasteiger partial charge in [0.15, 0.2) is 0 Å². The molecule has 0 aliphatic carbocycles. The van der Waals surface area contributed by atoms with Crippen LogP contribution in [0.2, 0.25) is 0 Å². The van der Waals surface area contributed by atoms with Gasteiger partial charge in [0, 0.05) is 13.1 Å². The van der Waals surface area contributed by atoms with Crippen LogP contribution in [0.3, 0.4) is 0 Å². The van der Waals surface area contributed by atoms with E-state index in [0.29, 0.717) is 24.2 Å². The van der Waals surface area contributed by atoms with Crippen LogP contribution in [-0.2, 0) is 6.54 Å². The molecule has 1 heterocycles. The van der Waals surface area contributed by atoms with E-state index < -0.39 is 0 Å². The van der Waals surface area contributed by atoms with Crippen LogP contribution in [0.15, 0.2) is 36.7 Å². The fourth-order valence-electron chi connectivity index (χ4n) is 2.20. The molecule has 1 unspecified atom stereocenters. The summed E-state index contributed by atoms with van der Waals surface area (Å²) < 4.78 is 10.5. The van der Waals surface area contributed by atoms with E-state index in [1.165, 1.54) is 11.9 Å². The molecule has 0 bridgehead atoms. The Balaban J connectivity index is 1.97. The molecule has 0 aliphatic heterocycles. The number of benzene rings is 1. The van der Waals surface area contributed by atoms with Gasteiger partial charge in [-0.1, -0.05) is 37.3 Å². The van der Waals surface area contributed by atoms with Crippen LogP contribution in [0.25, 0.3) is 0 Å². The Kier molecular flexibility index (Phi) is 5.51. The van der Waals surface area contributed by atoms with Crippen LogP contribution < -0.4 is 14.8 Å². The van der Waals surface area contributed by atoms with Crippen molar-refractivity contribution in [3.8, 4) is 11.8 Å². The van der Waals surface area contributed by atoms with E-state index in [-0.39, 0.29) is 0 Å². The van der Waals surface area contributed by atoms with E-state index >= 15 is 0 Å². The van der Waals surface area contributed by atoms with Gasteiger partial charge in [0.05, 0.1) is 19.8 Å². The number of hydrogen-bond donors (Lipinski definition) is 1. The van der Waals surface area contributed by atoms with Gasteiger partial charge >= 0.3 is 0 Å². The molecule has 0 saturated carbocycles. The standard InChI is InChI=1S/C16H21N3O2/c1-12(13-7-5-4-6-8-13)9-17-10-14-15(20-2)18-11-19-16(14)21-3/h4-8,11-12,17H,9-10H2,1-3H3. The van der Waals surface area contributed by atoms with Crippen LogP contribution in [-0.4, -0.2) is 30.7 Å². The molecule has 2 rings (SSSR count). The first-order chi connectivity index (χ1) is 10.3. The average Bonchev–Trinajstić information content (AvgIpc) is 2.55. The van der Waals surface area contributed by atoms with Crippen LogP contribution >= 0.6 is 0 Å². The van der Waals surface area contributed by atoms with Crippen molar-refractivity contribution in [3.05, 3.63) is 47.8 Å². The zero-order chi connectivity index (χ0) is 15.1. The lowest BCUT2D eigenvalue weighted by Crippen LogP contribution is -2.20. The van der Waals surface area contributed by atoms with Crippen LogP contribution in [0.4, 0.5) is 0 Å². The number of methoxy groups -OCH3 is 2. The predicted octanol–water partition coefficient (Wildman–Crippen LogP) is 2.39. The topological polar surface area (TPSA) is 56.3 Å². The average molecular weight is 287 g/mol. The molecule has 1 aromatic heterocycles. The normalized spacial score (nSPS) is 12.0. The van der Waals surface area contributed by atoms with Crippen LogP contribution in [0, 0.1) is 0 Å². The third kappa shape index (κ3) is 3.92. The fraction of sp³-hybridized carbons (Fsp3) is 0.375. The highest BCUT2D eigenvalue weighted by Crippen LogP contribution is 2.23. The summed E-state index contributed by atoms with van der Waals surface area (Å²) in [5.74, 6) is 1.51. The molecule has 0 fully saturated rings. The third-order valence-electron chi connectivity index (χ3n) is 3.37. The SMILES string of the molecule is COc1ncnc(OC)c1CNCC(C)c1ccccc1. The molecule has 1 aromatic carbocycles. The van der Waals surface area contributed by atoms with Crippen molar-refractivity contribution in [2.75, 3.05) is 20.8 Å². The summed E-state index contributed by atoms with van der Waals surface area (Å²) in [6.45, 7) is 3.65. The summed E-state index contributed by atoms with van der Waals surface area (Å²) in [5.41, 5.74) is 2.15. The Morgan fingerprint density at radius 1 is 1.05 bits per heavy atom. The molecule has 1 N–H and O–H groups in total. The molecule has 0 spiro atoms. The third-order valence-corrected chi connectivity index (χ3v) is 3.37. The maximum atomic E-state index is 5.26. The van der Waals surface area contributed by atoms with Gasteiger partial charge in [-0.15, -0.1) is 0 Å². The molecular formula is C16H21N3O2. The van der Waals surface area contributed by atoms with E-state index in [1.807, 2.05) is 6.07 Å². The highest BCUT2D eigenvalue weighted by atomic mass is 16.5. The summed E-state index contributed by atoms with van der Waals surface area (Å²) in [6, 6.07) is 10.4. The fourth-order valence-corrected chi connectivity index (χ4v) is 2.20. The molecule has 0 radical (unpaired) electrons. The minimum absolute atomic E-state index is 0.424. The number of ether oxygens (including phenoxy) is 2. The summed E-state index contributed by atoms with van der Waals surface area (Å²) >= 11 is 0. The summed E-state index contributed by atoms with van der Waals surface area (Å²) in [5, 5.41) is 3.41. The Morgan fingerprint density at radius 2 is 1.67 bits per heavy atom. The lowest BCUT2D eigenvalue weighted by Gasteiger charge is -2.15. The van der Waals surface area contributed by atoms with Crippen molar-refractivity contribution in [2.24, 2.45) is 0 Å². The minimum atomic E-state index is 0.424. The predicted molar refractivity (Wildman–Crippen MR) is 81.7 cm³/mol. The van der Waals surface area contributed by atoms with E-state index in [0.717, 1.165) is 12.1 Å². The second-order valence-electron chi connectivity index (χ2n) is 4.81. The smallest absolute Gasteiger partial charge is 0.224 e. The van der Waals surface area contributed by atoms with Gasteiger partial charge in [-0.3, -0.25) is 0 Å². The van der Waals surface area contributed by atoms with Gasteiger partial charge < -0.3 is 14.8 Å². The van der Waals surface area contributed by atoms with Gasteiger partial charge in [-0.25, -0.2) is 9.97 Å². The maximum Gasteiger partial charge on any atom is 0.224 e. The Bertz CT molecular complexity index is 538. The van der Waals surface area contributed by atoms with Gasteiger partial charge in [0.2, 0.25) is 11.8 Å². The van der Waals surface area contributed by atoms with Gasteiger partial charge in [0.25, 0.3) is 0 Å². The Labute approximate surface area is 125 Å². The second-order valence-corrected chi connectivity index (χ2v) is 4.81. The number of nitrogens with zero attached hydrogens (tertiary/aromatic N) is 2. The largest absolute Gasteiger partial charge is 0.481 e. The van der Waals surface area contributed by atoms with Gasteiger partial charge in [0.1, 0.15) is 6.33 Å². The zero-order valence-corrected chi connectivity index (χ0v) is 12.7. The highest BCUT2D eigenvalue weighted by Gasteiger charge is 2.13. The summed E-state index contributed by atoms with van der Waals surface area (Å²) in [4.78, 5) is 8.22. The summed E-state index contributed by atoms with van der Waals surface area (Å²) in [7, 11) is 3.19. The van der Waals surface area contributed by atoms with Crippen molar-refractivity contribution < 1.29 is 9.47 Å². The van der Waals surface area contributed by atoms with E-state index in [2.05, 4.69) is 46.5 Å². The van der Waals surface area contributed by atoms with Crippen LogP contribution in [0.1, 0.15) is 24.0 Å². The molecule has 112 valence electrons. The quantitative estimate of drug-likeness (QED) is 0.847. The van der Waals surface area contributed by atoms with Gasteiger partial charge in [-0.05, 0) is 11.5 Å².